The molecule has 3 nitrogen and oxygen atoms in total. The zero-order valence-corrected chi connectivity index (χ0v) is 9.28. The van der Waals surface area contributed by atoms with Crippen LogP contribution in [0.1, 0.15) is 18.5 Å². The standard InChI is InChI=1S/C12H18N2O/c1-11-5-4-6-12(15)14(11)10-9-13-7-2-3-8-13/h4-6H,2-3,7-10H2,1H3. The minimum Gasteiger partial charge on any atom is -0.312 e. The van der Waals surface area contributed by atoms with Gasteiger partial charge in [0.05, 0.1) is 0 Å². The minimum absolute atomic E-state index is 0.120. The van der Waals surface area contributed by atoms with Gasteiger partial charge in [-0.1, -0.05) is 6.07 Å². The third-order valence-corrected chi connectivity index (χ3v) is 3.11. The molecule has 0 atom stereocenters. The summed E-state index contributed by atoms with van der Waals surface area (Å²) < 4.78 is 1.86. The molecule has 1 aliphatic rings. The van der Waals surface area contributed by atoms with Gasteiger partial charge in [-0.05, 0) is 38.9 Å². The van der Waals surface area contributed by atoms with Gasteiger partial charge in [0.2, 0.25) is 0 Å². The molecule has 1 fully saturated rings. The second-order valence-electron chi connectivity index (χ2n) is 4.21. The fourth-order valence-corrected chi connectivity index (χ4v) is 2.16. The number of hydrogen-bond donors (Lipinski definition) is 0. The summed E-state index contributed by atoms with van der Waals surface area (Å²) in [6, 6.07) is 5.45. The highest BCUT2D eigenvalue weighted by Gasteiger charge is 2.11. The molecule has 15 heavy (non-hydrogen) atoms. The summed E-state index contributed by atoms with van der Waals surface area (Å²) in [6.07, 6.45) is 2.62. The van der Waals surface area contributed by atoms with Crippen molar-refractivity contribution in [3.05, 3.63) is 34.2 Å². The van der Waals surface area contributed by atoms with Crippen LogP contribution < -0.4 is 5.56 Å². The maximum Gasteiger partial charge on any atom is 0.250 e. The largest absolute Gasteiger partial charge is 0.312 e. The molecule has 0 aromatic carbocycles. The molecule has 0 unspecified atom stereocenters. The van der Waals surface area contributed by atoms with Crippen molar-refractivity contribution in [3.8, 4) is 0 Å². The van der Waals surface area contributed by atoms with Gasteiger partial charge in [0.25, 0.3) is 5.56 Å². The van der Waals surface area contributed by atoms with Crippen LogP contribution in [0.4, 0.5) is 0 Å². The first-order chi connectivity index (χ1) is 7.27. The van der Waals surface area contributed by atoms with Crippen molar-refractivity contribution in [1.29, 1.82) is 0 Å². The average Bonchev–Trinajstić information content (AvgIpc) is 2.70. The highest BCUT2D eigenvalue weighted by molar-refractivity contribution is 5.04. The molecular weight excluding hydrogens is 188 g/mol. The lowest BCUT2D eigenvalue weighted by Crippen LogP contribution is -2.29. The molecule has 0 aliphatic carbocycles. The van der Waals surface area contributed by atoms with Gasteiger partial charge in [0.15, 0.2) is 0 Å². The third-order valence-electron chi connectivity index (χ3n) is 3.11. The molecule has 1 aliphatic heterocycles. The highest BCUT2D eigenvalue weighted by Crippen LogP contribution is 2.06. The molecule has 2 heterocycles. The van der Waals surface area contributed by atoms with Gasteiger partial charge in [-0.2, -0.15) is 0 Å². The lowest BCUT2D eigenvalue weighted by molar-refractivity contribution is 0.319. The highest BCUT2D eigenvalue weighted by atomic mass is 16.1. The van der Waals surface area contributed by atoms with Gasteiger partial charge in [0, 0.05) is 24.8 Å². The lowest BCUT2D eigenvalue weighted by atomic mass is 10.3. The number of hydrogen-bond acceptors (Lipinski definition) is 2. The molecule has 3 heteroatoms. The summed E-state index contributed by atoms with van der Waals surface area (Å²) in [5.74, 6) is 0. The van der Waals surface area contributed by atoms with Crippen molar-refractivity contribution in [2.24, 2.45) is 0 Å². The summed E-state index contributed by atoms with van der Waals surface area (Å²) in [7, 11) is 0. The average molecular weight is 206 g/mol. The zero-order valence-electron chi connectivity index (χ0n) is 9.28. The van der Waals surface area contributed by atoms with E-state index in [1.807, 2.05) is 23.6 Å². The van der Waals surface area contributed by atoms with Crippen molar-refractivity contribution in [2.45, 2.75) is 26.3 Å². The predicted molar refractivity (Wildman–Crippen MR) is 61.1 cm³/mol. The molecule has 2 rings (SSSR count). The van der Waals surface area contributed by atoms with Crippen molar-refractivity contribution < 1.29 is 0 Å². The quantitative estimate of drug-likeness (QED) is 0.743. The fraction of sp³-hybridized carbons (Fsp3) is 0.583. The van der Waals surface area contributed by atoms with Crippen molar-refractivity contribution in [2.75, 3.05) is 19.6 Å². The second-order valence-corrected chi connectivity index (χ2v) is 4.21. The molecule has 0 radical (unpaired) electrons. The van der Waals surface area contributed by atoms with E-state index < -0.39 is 0 Å². The summed E-state index contributed by atoms with van der Waals surface area (Å²) in [5, 5.41) is 0. The Bertz CT molecular complexity index is 377. The SMILES string of the molecule is Cc1cccc(=O)n1CCN1CCCC1. The van der Waals surface area contributed by atoms with Crippen LogP contribution >= 0.6 is 0 Å². The summed E-state index contributed by atoms with van der Waals surface area (Å²) in [5.41, 5.74) is 1.18. The number of nitrogens with zero attached hydrogens (tertiary/aromatic N) is 2. The maximum atomic E-state index is 11.6. The van der Waals surface area contributed by atoms with E-state index in [1.165, 1.54) is 25.9 Å². The van der Waals surface area contributed by atoms with E-state index in [0.717, 1.165) is 18.8 Å². The summed E-state index contributed by atoms with van der Waals surface area (Å²) in [4.78, 5) is 14.0. The molecular formula is C12H18N2O. The summed E-state index contributed by atoms with van der Waals surface area (Å²) in [6.45, 7) is 6.21. The van der Waals surface area contributed by atoms with Crippen LogP contribution in [-0.4, -0.2) is 29.1 Å². The Labute approximate surface area is 90.3 Å². The van der Waals surface area contributed by atoms with Gasteiger partial charge < -0.3 is 9.47 Å². The van der Waals surface area contributed by atoms with Crippen LogP contribution in [0.15, 0.2) is 23.0 Å². The Hall–Kier alpha value is -1.09. The number of aromatic nitrogens is 1. The molecule has 0 saturated carbocycles. The lowest BCUT2D eigenvalue weighted by Gasteiger charge is -2.16. The first-order valence-corrected chi connectivity index (χ1v) is 5.66. The van der Waals surface area contributed by atoms with Gasteiger partial charge in [-0.25, -0.2) is 0 Å². The van der Waals surface area contributed by atoms with E-state index in [4.69, 9.17) is 0 Å². The van der Waals surface area contributed by atoms with E-state index in [-0.39, 0.29) is 5.56 Å². The Morgan fingerprint density at radius 3 is 2.60 bits per heavy atom. The third kappa shape index (κ3) is 2.48. The van der Waals surface area contributed by atoms with Crippen LogP contribution in [0.2, 0.25) is 0 Å². The number of pyridine rings is 1. The van der Waals surface area contributed by atoms with Crippen molar-refractivity contribution >= 4 is 0 Å². The second kappa shape index (κ2) is 4.62. The maximum absolute atomic E-state index is 11.6. The van der Waals surface area contributed by atoms with E-state index in [1.54, 1.807) is 6.07 Å². The zero-order chi connectivity index (χ0) is 10.7. The molecule has 0 amide bonds. The number of rotatable bonds is 3. The monoisotopic (exact) mass is 206 g/mol. The minimum atomic E-state index is 0.120. The predicted octanol–water partition coefficient (Wildman–Crippen LogP) is 1.25. The molecule has 1 aromatic heterocycles. The molecule has 82 valence electrons. The van der Waals surface area contributed by atoms with Crippen LogP contribution in [0, 0.1) is 6.92 Å². The van der Waals surface area contributed by atoms with Crippen LogP contribution in [0.5, 0.6) is 0 Å². The van der Waals surface area contributed by atoms with Gasteiger partial charge in [-0.15, -0.1) is 0 Å². The number of aryl methyl sites for hydroxylation is 1. The Kier molecular flexibility index (Phi) is 3.21. The van der Waals surface area contributed by atoms with Gasteiger partial charge in [0.1, 0.15) is 0 Å². The topological polar surface area (TPSA) is 25.2 Å². The Morgan fingerprint density at radius 2 is 1.93 bits per heavy atom. The summed E-state index contributed by atoms with van der Waals surface area (Å²) >= 11 is 0. The fourth-order valence-electron chi connectivity index (χ4n) is 2.16. The van der Waals surface area contributed by atoms with Crippen LogP contribution in [-0.2, 0) is 6.54 Å². The van der Waals surface area contributed by atoms with Crippen LogP contribution in [0.3, 0.4) is 0 Å². The first-order valence-electron chi connectivity index (χ1n) is 5.66. The van der Waals surface area contributed by atoms with E-state index in [2.05, 4.69) is 4.90 Å². The number of likely N-dealkylation sites (tertiary alicyclic amines) is 1. The molecule has 0 spiro atoms. The van der Waals surface area contributed by atoms with Crippen molar-refractivity contribution in [1.82, 2.24) is 9.47 Å². The Morgan fingerprint density at radius 1 is 1.20 bits per heavy atom. The molecule has 1 saturated heterocycles. The smallest absolute Gasteiger partial charge is 0.250 e. The van der Waals surface area contributed by atoms with Gasteiger partial charge >= 0.3 is 0 Å². The first kappa shape index (κ1) is 10.4. The van der Waals surface area contributed by atoms with E-state index in [0.29, 0.717) is 0 Å². The molecule has 0 bridgehead atoms. The van der Waals surface area contributed by atoms with Gasteiger partial charge in [-0.3, -0.25) is 4.79 Å². The Balaban J connectivity index is 2.01. The molecule has 0 N–H and O–H groups in total. The van der Waals surface area contributed by atoms with Crippen molar-refractivity contribution in [3.63, 3.8) is 0 Å². The van der Waals surface area contributed by atoms with E-state index >= 15 is 0 Å². The normalized spacial score (nSPS) is 17.1. The van der Waals surface area contributed by atoms with E-state index in [9.17, 15) is 4.79 Å². The molecule has 1 aromatic rings. The van der Waals surface area contributed by atoms with Crippen LogP contribution in [0.25, 0.3) is 0 Å².